The number of fused-ring (bicyclic) bond motifs is 2. The van der Waals surface area contributed by atoms with Crippen LogP contribution in [0.1, 0.15) is 25.8 Å². The SMILES string of the molecule is C/C=C\C1=NC=C(c2ccc(-c3ccc(N(c4ccc(-c5cn6ccccc6n5)cc4)c4ccc(-c5cn6ccccc6n5)cc4)cc3)cc2)CC1C. The van der Waals surface area contributed by atoms with Crippen molar-refractivity contribution in [3.05, 3.63) is 182 Å². The summed E-state index contributed by atoms with van der Waals surface area (Å²) in [6, 6.07) is 47.1. The quantitative estimate of drug-likeness (QED) is 0.160. The Morgan fingerprint density at radius 1 is 0.566 bits per heavy atom. The number of hydrogen-bond acceptors (Lipinski definition) is 4. The summed E-state index contributed by atoms with van der Waals surface area (Å²) in [5.41, 5.74) is 15.1. The Labute approximate surface area is 309 Å². The molecule has 8 aromatic rings. The van der Waals surface area contributed by atoms with Gasteiger partial charge in [-0.15, -0.1) is 0 Å². The Kier molecular flexibility index (Phi) is 8.33. The number of hydrogen-bond donors (Lipinski definition) is 0. The van der Waals surface area contributed by atoms with Gasteiger partial charge in [-0.3, -0.25) is 4.99 Å². The van der Waals surface area contributed by atoms with E-state index >= 15 is 0 Å². The van der Waals surface area contributed by atoms with Gasteiger partial charge in [0.15, 0.2) is 0 Å². The van der Waals surface area contributed by atoms with E-state index < -0.39 is 0 Å². The van der Waals surface area contributed by atoms with Gasteiger partial charge in [0.05, 0.1) is 11.4 Å². The number of rotatable bonds is 8. The van der Waals surface area contributed by atoms with E-state index in [0.29, 0.717) is 5.92 Å². The zero-order chi connectivity index (χ0) is 35.7. The first kappa shape index (κ1) is 32.1. The molecule has 1 atom stereocenters. The average Bonchev–Trinajstić information content (AvgIpc) is 3.85. The van der Waals surface area contributed by atoms with Gasteiger partial charge in [-0.05, 0) is 102 Å². The molecule has 0 fully saturated rings. The number of aromatic nitrogens is 4. The van der Waals surface area contributed by atoms with E-state index in [1.807, 2.05) is 61.9 Å². The molecule has 1 aliphatic rings. The van der Waals surface area contributed by atoms with Crippen LogP contribution in [0.4, 0.5) is 17.1 Å². The minimum absolute atomic E-state index is 0.408. The van der Waals surface area contributed by atoms with Crippen molar-refractivity contribution in [1.82, 2.24) is 18.8 Å². The molecule has 256 valence electrons. The van der Waals surface area contributed by atoms with Gasteiger partial charge >= 0.3 is 0 Å². The second-order valence-corrected chi connectivity index (χ2v) is 13.6. The molecule has 0 saturated carbocycles. The van der Waals surface area contributed by atoms with Crippen LogP contribution in [-0.4, -0.2) is 24.5 Å². The molecular formula is C47H38N6. The van der Waals surface area contributed by atoms with Crippen molar-refractivity contribution in [2.45, 2.75) is 20.3 Å². The number of benzene rings is 4. The van der Waals surface area contributed by atoms with Gasteiger partial charge in [0.2, 0.25) is 0 Å². The Morgan fingerprint density at radius 3 is 1.47 bits per heavy atom. The molecule has 1 aliphatic heterocycles. The molecule has 5 heterocycles. The molecule has 4 aromatic carbocycles. The van der Waals surface area contributed by atoms with Crippen LogP contribution >= 0.6 is 0 Å². The summed E-state index contributed by atoms with van der Waals surface area (Å²) in [5, 5.41) is 0. The molecule has 0 N–H and O–H groups in total. The predicted octanol–water partition coefficient (Wildman–Crippen LogP) is 11.9. The maximum absolute atomic E-state index is 4.84. The van der Waals surface area contributed by atoms with E-state index in [1.165, 1.54) is 22.3 Å². The van der Waals surface area contributed by atoms with Gasteiger partial charge < -0.3 is 13.7 Å². The minimum Gasteiger partial charge on any atom is -0.311 e. The highest BCUT2D eigenvalue weighted by atomic mass is 15.1. The number of aliphatic imine (C=N–C) groups is 1. The second-order valence-electron chi connectivity index (χ2n) is 13.6. The zero-order valence-corrected chi connectivity index (χ0v) is 29.7. The fraction of sp³-hybridized carbons (Fsp3) is 0.0851. The zero-order valence-electron chi connectivity index (χ0n) is 29.7. The van der Waals surface area contributed by atoms with Crippen LogP contribution in [0.2, 0.25) is 0 Å². The van der Waals surface area contributed by atoms with Crippen molar-refractivity contribution in [3.8, 4) is 33.6 Å². The van der Waals surface area contributed by atoms with Crippen LogP contribution in [0, 0.1) is 5.92 Å². The highest BCUT2D eigenvalue weighted by Crippen LogP contribution is 2.38. The number of nitrogens with zero attached hydrogens (tertiary/aromatic N) is 6. The number of anilines is 3. The maximum atomic E-state index is 4.84. The maximum Gasteiger partial charge on any atom is 0.137 e. The van der Waals surface area contributed by atoms with Gasteiger partial charge in [0.1, 0.15) is 11.3 Å². The molecule has 0 bridgehead atoms. The van der Waals surface area contributed by atoms with Crippen LogP contribution in [0.3, 0.4) is 0 Å². The molecule has 0 amide bonds. The summed E-state index contributed by atoms with van der Waals surface area (Å²) in [5.74, 6) is 0.408. The van der Waals surface area contributed by atoms with Crippen molar-refractivity contribution < 1.29 is 0 Å². The first-order chi connectivity index (χ1) is 26.1. The summed E-state index contributed by atoms with van der Waals surface area (Å²) in [4.78, 5) is 16.7. The number of imidazole rings is 2. The Balaban J connectivity index is 1.03. The van der Waals surface area contributed by atoms with Crippen molar-refractivity contribution in [3.63, 3.8) is 0 Å². The third-order valence-electron chi connectivity index (χ3n) is 10.0. The number of pyridine rings is 2. The van der Waals surface area contributed by atoms with Gasteiger partial charge in [-0.1, -0.05) is 85.8 Å². The molecule has 53 heavy (non-hydrogen) atoms. The normalized spacial score (nSPS) is 14.5. The van der Waals surface area contributed by atoms with Crippen molar-refractivity contribution in [2.24, 2.45) is 10.9 Å². The lowest BCUT2D eigenvalue weighted by Gasteiger charge is -2.26. The van der Waals surface area contributed by atoms with Gasteiger partial charge in [0, 0.05) is 70.8 Å². The molecule has 1 unspecified atom stereocenters. The predicted molar refractivity (Wildman–Crippen MR) is 219 cm³/mol. The van der Waals surface area contributed by atoms with Gasteiger partial charge in [-0.25, -0.2) is 9.97 Å². The highest BCUT2D eigenvalue weighted by molar-refractivity contribution is 5.99. The topological polar surface area (TPSA) is 50.2 Å². The summed E-state index contributed by atoms with van der Waals surface area (Å²) in [6.07, 6.45) is 15.4. The molecule has 6 heteroatoms. The van der Waals surface area contributed by atoms with Crippen molar-refractivity contribution in [1.29, 1.82) is 0 Å². The van der Waals surface area contributed by atoms with E-state index in [-0.39, 0.29) is 0 Å². The fourth-order valence-electron chi connectivity index (χ4n) is 7.17. The first-order valence-corrected chi connectivity index (χ1v) is 18.1. The highest BCUT2D eigenvalue weighted by Gasteiger charge is 2.17. The number of allylic oxidation sites excluding steroid dienone is 3. The molecule has 0 aliphatic carbocycles. The van der Waals surface area contributed by atoms with Gasteiger partial charge in [-0.2, -0.15) is 0 Å². The van der Waals surface area contributed by atoms with Crippen LogP contribution < -0.4 is 4.90 Å². The molecule has 0 spiro atoms. The minimum atomic E-state index is 0.408. The molecule has 9 rings (SSSR count). The monoisotopic (exact) mass is 686 g/mol. The van der Waals surface area contributed by atoms with E-state index in [2.05, 4.69) is 142 Å². The lowest BCUT2D eigenvalue weighted by Crippen LogP contribution is -2.12. The van der Waals surface area contributed by atoms with E-state index in [4.69, 9.17) is 15.0 Å². The van der Waals surface area contributed by atoms with Crippen molar-refractivity contribution in [2.75, 3.05) is 4.90 Å². The first-order valence-electron chi connectivity index (χ1n) is 18.1. The third kappa shape index (κ3) is 6.36. The lowest BCUT2D eigenvalue weighted by atomic mass is 9.90. The van der Waals surface area contributed by atoms with Gasteiger partial charge in [0.25, 0.3) is 0 Å². The summed E-state index contributed by atoms with van der Waals surface area (Å²) in [6.45, 7) is 4.29. The van der Waals surface area contributed by atoms with Crippen LogP contribution in [0.5, 0.6) is 0 Å². The summed E-state index contributed by atoms with van der Waals surface area (Å²) in [7, 11) is 0. The standard InChI is InChI=1S/C47H38N6/c1-3-8-43-33(2)29-39(30-48-43)36-13-11-34(12-14-36)35-15-21-40(22-16-35)53(41-23-17-37(18-24-41)44-31-51-27-6-4-9-46(51)49-44)42-25-19-38(20-26-42)45-32-52-28-7-5-10-47(52)50-45/h3-28,30-33H,29H2,1-2H3/b8-3-. The Hall–Kier alpha value is -6.79. The van der Waals surface area contributed by atoms with Crippen LogP contribution in [-0.2, 0) is 0 Å². The molecule has 4 aromatic heterocycles. The Morgan fingerprint density at radius 2 is 1.02 bits per heavy atom. The summed E-state index contributed by atoms with van der Waals surface area (Å²) >= 11 is 0. The van der Waals surface area contributed by atoms with Crippen LogP contribution in [0.25, 0.3) is 50.5 Å². The van der Waals surface area contributed by atoms with Crippen molar-refractivity contribution >= 4 is 39.6 Å². The molecule has 0 saturated heterocycles. The summed E-state index contributed by atoms with van der Waals surface area (Å²) < 4.78 is 4.11. The Bertz CT molecular complexity index is 2460. The van der Waals surface area contributed by atoms with Crippen LogP contribution in [0.15, 0.2) is 182 Å². The van der Waals surface area contributed by atoms with E-state index in [0.717, 1.165) is 63.0 Å². The molecule has 6 nitrogen and oxygen atoms in total. The lowest BCUT2D eigenvalue weighted by molar-refractivity contribution is 0.794. The molecular weight excluding hydrogens is 649 g/mol. The fourth-order valence-corrected chi connectivity index (χ4v) is 7.17. The second kappa shape index (κ2) is 13.7. The van der Waals surface area contributed by atoms with E-state index in [9.17, 15) is 0 Å². The average molecular weight is 687 g/mol. The molecule has 0 radical (unpaired) electrons. The third-order valence-corrected chi connectivity index (χ3v) is 10.0. The van der Waals surface area contributed by atoms with E-state index in [1.54, 1.807) is 0 Å². The largest absolute Gasteiger partial charge is 0.311 e. The smallest absolute Gasteiger partial charge is 0.137 e.